The van der Waals surface area contributed by atoms with Gasteiger partial charge < -0.3 is 14.6 Å². The molecule has 102 valence electrons. The largest absolute Gasteiger partial charge is 0.372 e. The molecule has 2 heterocycles. The van der Waals surface area contributed by atoms with Crippen LogP contribution in [0.1, 0.15) is 17.2 Å². The molecule has 4 nitrogen and oxygen atoms in total. The second-order valence-corrected chi connectivity index (χ2v) is 4.43. The molecule has 0 spiro atoms. The molecule has 19 heavy (non-hydrogen) atoms. The van der Waals surface area contributed by atoms with Crippen LogP contribution in [0.5, 0.6) is 0 Å². The fourth-order valence-electron chi connectivity index (χ4n) is 2.52. The van der Waals surface area contributed by atoms with E-state index in [1.807, 2.05) is 13.1 Å². The maximum atomic E-state index is 5.81. The lowest BCUT2D eigenvalue weighted by Crippen LogP contribution is -2.25. The first-order valence-electron chi connectivity index (χ1n) is 6.19. The Kier molecular flexibility index (Phi) is 4.58. The van der Waals surface area contributed by atoms with Crippen LogP contribution in [0.25, 0.3) is 11.3 Å². The van der Waals surface area contributed by atoms with Gasteiger partial charge in [-0.2, -0.15) is 0 Å². The second kappa shape index (κ2) is 6.19. The third-order valence-corrected chi connectivity index (χ3v) is 3.33. The number of benzene rings is 1. The van der Waals surface area contributed by atoms with Crippen LogP contribution in [0, 0.1) is 0 Å². The van der Waals surface area contributed by atoms with Gasteiger partial charge in [-0.3, -0.25) is 0 Å². The van der Waals surface area contributed by atoms with Crippen molar-refractivity contribution in [3.05, 3.63) is 41.7 Å². The van der Waals surface area contributed by atoms with Gasteiger partial charge in [-0.05, 0) is 24.6 Å². The van der Waals surface area contributed by atoms with Crippen molar-refractivity contribution in [1.82, 2.24) is 10.5 Å². The van der Waals surface area contributed by atoms with E-state index >= 15 is 0 Å². The summed E-state index contributed by atoms with van der Waals surface area (Å²) in [5.74, 6) is 0. The third-order valence-electron chi connectivity index (χ3n) is 3.33. The molecule has 0 unspecified atom stereocenters. The van der Waals surface area contributed by atoms with Crippen LogP contribution in [-0.2, 0) is 11.2 Å². The highest BCUT2D eigenvalue weighted by Gasteiger charge is 2.23. The predicted molar refractivity (Wildman–Crippen MR) is 75.5 cm³/mol. The van der Waals surface area contributed by atoms with E-state index in [1.54, 1.807) is 6.26 Å². The van der Waals surface area contributed by atoms with Crippen LogP contribution in [0.4, 0.5) is 0 Å². The van der Waals surface area contributed by atoms with E-state index in [0.29, 0.717) is 0 Å². The average molecular weight is 281 g/mol. The SMILES string of the molecule is CNC[C@H]1OCCc2c(-c3ccon3)cccc21.Cl. The van der Waals surface area contributed by atoms with Crippen LogP contribution in [0.3, 0.4) is 0 Å². The number of aromatic nitrogens is 1. The molecular formula is C14H17ClN2O2. The molecule has 0 fully saturated rings. The predicted octanol–water partition coefficient (Wildman–Crippen LogP) is 2.60. The Balaban J connectivity index is 0.00000133. The van der Waals surface area contributed by atoms with Crippen molar-refractivity contribution in [3.63, 3.8) is 0 Å². The molecule has 1 N–H and O–H groups in total. The van der Waals surface area contributed by atoms with Gasteiger partial charge in [0, 0.05) is 18.2 Å². The molecule has 0 bridgehead atoms. The Morgan fingerprint density at radius 1 is 1.37 bits per heavy atom. The fraction of sp³-hybridized carbons (Fsp3) is 0.357. The van der Waals surface area contributed by atoms with Gasteiger partial charge in [0.05, 0.1) is 12.7 Å². The number of nitrogens with zero attached hydrogens (tertiary/aromatic N) is 1. The second-order valence-electron chi connectivity index (χ2n) is 4.43. The molecule has 1 atom stereocenters. The molecule has 1 aromatic carbocycles. The lowest BCUT2D eigenvalue weighted by atomic mass is 9.91. The normalized spacial score (nSPS) is 17.6. The van der Waals surface area contributed by atoms with Gasteiger partial charge in [0.25, 0.3) is 0 Å². The Labute approximate surface area is 118 Å². The molecule has 0 amide bonds. The molecule has 5 heteroatoms. The Hall–Kier alpha value is -1.36. The topological polar surface area (TPSA) is 47.3 Å². The van der Waals surface area contributed by atoms with Crippen LogP contribution in [0.15, 0.2) is 35.1 Å². The molecule has 1 aromatic heterocycles. The van der Waals surface area contributed by atoms with Gasteiger partial charge in [-0.1, -0.05) is 23.4 Å². The third kappa shape index (κ3) is 2.66. The first-order chi connectivity index (χ1) is 8.90. The molecular weight excluding hydrogens is 264 g/mol. The Bertz CT molecular complexity index is 528. The highest BCUT2D eigenvalue weighted by Crippen LogP contribution is 2.33. The standard InChI is InChI=1S/C14H16N2O2.ClH/c1-15-9-14-12-4-2-3-11(10(12)5-7-17-14)13-6-8-18-16-13;/h2-4,6,8,14-15H,5,7,9H2,1H3;1H/t14-;/m1./s1. The summed E-state index contributed by atoms with van der Waals surface area (Å²) < 4.78 is 10.8. The zero-order valence-corrected chi connectivity index (χ0v) is 11.6. The van der Waals surface area contributed by atoms with Crippen molar-refractivity contribution in [2.75, 3.05) is 20.2 Å². The van der Waals surface area contributed by atoms with Crippen molar-refractivity contribution < 1.29 is 9.26 Å². The smallest absolute Gasteiger partial charge is 0.124 e. The number of fused-ring (bicyclic) bond motifs is 1. The van der Waals surface area contributed by atoms with Gasteiger partial charge in [0.15, 0.2) is 0 Å². The van der Waals surface area contributed by atoms with Gasteiger partial charge in [-0.15, -0.1) is 12.4 Å². The lowest BCUT2D eigenvalue weighted by molar-refractivity contribution is 0.0440. The Morgan fingerprint density at radius 2 is 2.26 bits per heavy atom. The zero-order valence-electron chi connectivity index (χ0n) is 10.8. The van der Waals surface area contributed by atoms with E-state index < -0.39 is 0 Å². The van der Waals surface area contributed by atoms with Gasteiger partial charge in [0.2, 0.25) is 0 Å². The van der Waals surface area contributed by atoms with E-state index in [1.165, 1.54) is 11.1 Å². The highest BCUT2D eigenvalue weighted by molar-refractivity contribution is 5.85. The first-order valence-corrected chi connectivity index (χ1v) is 6.19. The fourth-order valence-corrected chi connectivity index (χ4v) is 2.52. The van der Waals surface area contributed by atoms with E-state index in [4.69, 9.17) is 9.26 Å². The summed E-state index contributed by atoms with van der Waals surface area (Å²) in [5, 5.41) is 7.21. The van der Waals surface area contributed by atoms with Crippen molar-refractivity contribution in [3.8, 4) is 11.3 Å². The van der Waals surface area contributed by atoms with Crippen molar-refractivity contribution >= 4 is 12.4 Å². The summed E-state index contributed by atoms with van der Waals surface area (Å²) in [5.41, 5.74) is 4.65. The maximum Gasteiger partial charge on any atom is 0.124 e. The molecule has 0 saturated heterocycles. The number of halogens is 1. The van der Waals surface area contributed by atoms with E-state index in [9.17, 15) is 0 Å². The summed E-state index contributed by atoms with van der Waals surface area (Å²) in [6.45, 7) is 1.59. The van der Waals surface area contributed by atoms with E-state index in [0.717, 1.165) is 30.8 Å². The molecule has 3 rings (SSSR count). The first kappa shape index (κ1) is 14.1. The minimum absolute atomic E-state index is 0. The monoisotopic (exact) mass is 280 g/mol. The van der Waals surface area contributed by atoms with Crippen molar-refractivity contribution in [1.29, 1.82) is 0 Å². The zero-order chi connectivity index (χ0) is 12.4. The highest BCUT2D eigenvalue weighted by atomic mass is 35.5. The molecule has 0 radical (unpaired) electrons. The summed E-state index contributed by atoms with van der Waals surface area (Å²) in [6, 6.07) is 8.19. The molecule has 1 aliphatic rings. The minimum Gasteiger partial charge on any atom is -0.372 e. The van der Waals surface area contributed by atoms with Crippen LogP contribution in [-0.4, -0.2) is 25.4 Å². The van der Waals surface area contributed by atoms with Gasteiger partial charge in [0.1, 0.15) is 12.0 Å². The van der Waals surface area contributed by atoms with Crippen LogP contribution >= 0.6 is 12.4 Å². The summed E-state index contributed by atoms with van der Waals surface area (Å²) in [6.07, 6.45) is 2.67. The molecule has 1 aliphatic heterocycles. The molecule has 0 saturated carbocycles. The summed E-state index contributed by atoms with van der Waals surface area (Å²) in [4.78, 5) is 0. The number of likely N-dealkylation sites (N-methyl/N-ethyl adjacent to an activating group) is 1. The van der Waals surface area contributed by atoms with Gasteiger partial charge >= 0.3 is 0 Å². The maximum absolute atomic E-state index is 5.81. The lowest BCUT2D eigenvalue weighted by Gasteiger charge is -2.27. The Morgan fingerprint density at radius 3 is 3.00 bits per heavy atom. The minimum atomic E-state index is 0. The number of hydrogen-bond donors (Lipinski definition) is 1. The summed E-state index contributed by atoms with van der Waals surface area (Å²) in [7, 11) is 1.94. The van der Waals surface area contributed by atoms with Crippen LogP contribution in [0.2, 0.25) is 0 Å². The van der Waals surface area contributed by atoms with E-state index in [2.05, 4.69) is 28.7 Å². The number of hydrogen-bond acceptors (Lipinski definition) is 4. The summed E-state index contributed by atoms with van der Waals surface area (Å²) >= 11 is 0. The van der Waals surface area contributed by atoms with Crippen molar-refractivity contribution in [2.24, 2.45) is 0 Å². The van der Waals surface area contributed by atoms with E-state index in [-0.39, 0.29) is 18.5 Å². The van der Waals surface area contributed by atoms with Gasteiger partial charge in [-0.25, -0.2) is 0 Å². The average Bonchev–Trinajstić information content (AvgIpc) is 2.93. The quantitative estimate of drug-likeness (QED) is 0.939. The molecule has 0 aliphatic carbocycles. The number of nitrogens with one attached hydrogen (secondary N) is 1. The number of ether oxygens (including phenoxy) is 1. The number of rotatable bonds is 3. The molecule has 2 aromatic rings. The van der Waals surface area contributed by atoms with Crippen molar-refractivity contribution in [2.45, 2.75) is 12.5 Å². The van der Waals surface area contributed by atoms with Crippen LogP contribution < -0.4 is 5.32 Å².